The fourth-order valence-electron chi connectivity index (χ4n) is 1.06. The lowest BCUT2D eigenvalue weighted by Crippen LogP contribution is -2.17. The molecule has 1 rings (SSSR count). The molecule has 3 nitrogen and oxygen atoms in total. The number of hydrogen-bond acceptors (Lipinski definition) is 3. The zero-order chi connectivity index (χ0) is 10.6. The van der Waals surface area contributed by atoms with E-state index in [1.54, 1.807) is 13.0 Å². The summed E-state index contributed by atoms with van der Waals surface area (Å²) in [5.74, 6) is 0.600. The second-order valence-corrected chi connectivity index (χ2v) is 3.84. The smallest absolute Gasteiger partial charge is 0.126 e. The summed E-state index contributed by atoms with van der Waals surface area (Å²) < 4.78 is 6.23. The third kappa shape index (κ3) is 2.70. The van der Waals surface area contributed by atoms with Crippen molar-refractivity contribution in [3.05, 3.63) is 28.2 Å². The van der Waals surface area contributed by atoms with Crippen molar-refractivity contribution >= 4 is 15.9 Å². The number of hydrogen-bond donors (Lipinski definition) is 2. The van der Waals surface area contributed by atoms with E-state index in [4.69, 9.17) is 14.9 Å². The van der Waals surface area contributed by atoms with Crippen LogP contribution in [0.2, 0.25) is 0 Å². The molecule has 0 unspecified atom stereocenters. The van der Waals surface area contributed by atoms with E-state index in [2.05, 4.69) is 15.9 Å². The van der Waals surface area contributed by atoms with Crippen molar-refractivity contribution in [3.8, 4) is 5.75 Å². The van der Waals surface area contributed by atoms with E-state index >= 15 is 0 Å². The molecule has 0 amide bonds. The van der Waals surface area contributed by atoms with Crippen molar-refractivity contribution in [3.63, 3.8) is 0 Å². The molecule has 0 aliphatic rings. The highest BCUT2D eigenvalue weighted by molar-refractivity contribution is 9.10. The predicted octanol–water partition coefficient (Wildman–Crippen LogP) is 1.70. The molecule has 14 heavy (non-hydrogen) atoms. The minimum absolute atomic E-state index is 0.0443. The fourth-order valence-corrected chi connectivity index (χ4v) is 1.53. The quantitative estimate of drug-likeness (QED) is 0.867. The Balaban J connectivity index is 2.90. The summed E-state index contributed by atoms with van der Waals surface area (Å²) in [5, 5.41) is 17.9. The Morgan fingerprint density at radius 3 is 2.71 bits per heavy atom. The molecule has 1 aromatic carbocycles. The van der Waals surface area contributed by atoms with E-state index in [0.717, 1.165) is 4.47 Å². The van der Waals surface area contributed by atoms with Crippen LogP contribution >= 0.6 is 15.9 Å². The SMILES string of the molecule is C[C@@H](CO)Oc1cccc(Br)c1CO. The monoisotopic (exact) mass is 260 g/mol. The van der Waals surface area contributed by atoms with Gasteiger partial charge in [-0.2, -0.15) is 0 Å². The van der Waals surface area contributed by atoms with Gasteiger partial charge in [0, 0.05) is 10.0 Å². The van der Waals surface area contributed by atoms with E-state index in [1.807, 2.05) is 12.1 Å². The highest BCUT2D eigenvalue weighted by Crippen LogP contribution is 2.27. The molecule has 0 saturated carbocycles. The molecular weight excluding hydrogens is 248 g/mol. The first-order valence-corrected chi connectivity index (χ1v) is 5.14. The molecule has 1 atom stereocenters. The van der Waals surface area contributed by atoms with Crippen LogP contribution in [0.3, 0.4) is 0 Å². The van der Waals surface area contributed by atoms with Crippen LogP contribution in [0.1, 0.15) is 12.5 Å². The molecule has 0 aromatic heterocycles. The van der Waals surface area contributed by atoms with Crippen LogP contribution in [-0.4, -0.2) is 22.9 Å². The average molecular weight is 261 g/mol. The fraction of sp³-hybridized carbons (Fsp3) is 0.400. The zero-order valence-electron chi connectivity index (χ0n) is 7.90. The van der Waals surface area contributed by atoms with Crippen LogP contribution in [0.4, 0.5) is 0 Å². The Morgan fingerprint density at radius 2 is 2.14 bits per heavy atom. The van der Waals surface area contributed by atoms with Crippen LogP contribution in [0, 0.1) is 0 Å². The molecule has 0 heterocycles. The molecule has 1 aromatic rings. The minimum Gasteiger partial charge on any atom is -0.488 e. The Hall–Kier alpha value is -0.580. The second kappa shape index (κ2) is 5.34. The van der Waals surface area contributed by atoms with Crippen molar-refractivity contribution in [1.29, 1.82) is 0 Å². The molecule has 0 aliphatic carbocycles. The normalized spacial score (nSPS) is 12.6. The minimum atomic E-state index is -0.269. The molecular formula is C10H13BrO3. The zero-order valence-corrected chi connectivity index (χ0v) is 9.49. The maximum atomic E-state index is 9.11. The maximum absolute atomic E-state index is 9.11. The van der Waals surface area contributed by atoms with Gasteiger partial charge in [-0.05, 0) is 19.1 Å². The van der Waals surface area contributed by atoms with E-state index in [0.29, 0.717) is 11.3 Å². The summed E-state index contributed by atoms with van der Waals surface area (Å²) in [6.45, 7) is 1.63. The molecule has 0 bridgehead atoms. The van der Waals surface area contributed by atoms with Gasteiger partial charge in [0.05, 0.1) is 13.2 Å². The van der Waals surface area contributed by atoms with Gasteiger partial charge in [-0.15, -0.1) is 0 Å². The first-order valence-electron chi connectivity index (χ1n) is 4.34. The van der Waals surface area contributed by atoms with Crippen molar-refractivity contribution in [1.82, 2.24) is 0 Å². The summed E-state index contributed by atoms with van der Waals surface area (Å²) in [7, 11) is 0. The molecule has 0 fully saturated rings. The summed E-state index contributed by atoms with van der Waals surface area (Å²) >= 11 is 3.32. The molecule has 0 radical (unpaired) electrons. The van der Waals surface area contributed by atoms with Crippen molar-refractivity contribution < 1.29 is 14.9 Å². The molecule has 0 saturated heterocycles. The number of aliphatic hydroxyl groups is 2. The Morgan fingerprint density at radius 1 is 1.43 bits per heavy atom. The topological polar surface area (TPSA) is 49.7 Å². The number of rotatable bonds is 4. The average Bonchev–Trinajstić information content (AvgIpc) is 2.18. The number of benzene rings is 1. The molecule has 2 N–H and O–H groups in total. The van der Waals surface area contributed by atoms with Crippen molar-refractivity contribution in [2.45, 2.75) is 19.6 Å². The number of ether oxygens (including phenoxy) is 1. The third-order valence-corrected chi connectivity index (χ3v) is 2.56. The van der Waals surface area contributed by atoms with Crippen molar-refractivity contribution in [2.24, 2.45) is 0 Å². The summed E-state index contributed by atoms with van der Waals surface area (Å²) in [5.41, 5.74) is 0.702. The van der Waals surface area contributed by atoms with Gasteiger partial charge in [-0.1, -0.05) is 22.0 Å². The van der Waals surface area contributed by atoms with Crippen LogP contribution < -0.4 is 4.74 Å². The number of halogens is 1. The van der Waals surface area contributed by atoms with E-state index in [-0.39, 0.29) is 19.3 Å². The van der Waals surface area contributed by atoms with Crippen LogP contribution in [0.5, 0.6) is 5.75 Å². The van der Waals surface area contributed by atoms with E-state index in [1.165, 1.54) is 0 Å². The largest absolute Gasteiger partial charge is 0.488 e. The highest BCUT2D eigenvalue weighted by Gasteiger charge is 2.09. The second-order valence-electron chi connectivity index (χ2n) is 2.99. The van der Waals surface area contributed by atoms with Crippen molar-refractivity contribution in [2.75, 3.05) is 6.61 Å². The maximum Gasteiger partial charge on any atom is 0.126 e. The first kappa shape index (κ1) is 11.5. The van der Waals surface area contributed by atoms with E-state index in [9.17, 15) is 0 Å². The summed E-state index contributed by atoms with van der Waals surface area (Å²) in [6.07, 6.45) is -0.269. The van der Waals surface area contributed by atoms with Gasteiger partial charge in [0.25, 0.3) is 0 Å². The van der Waals surface area contributed by atoms with Gasteiger partial charge in [0.1, 0.15) is 11.9 Å². The Kier molecular flexibility index (Phi) is 4.38. The van der Waals surface area contributed by atoms with Gasteiger partial charge in [0.15, 0.2) is 0 Å². The molecule has 0 aliphatic heterocycles. The van der Waals surface area contributed by atoms with Gasteiger partial charge >= 0.3 is 0 Å². The summed E-state index contributed by atoms with van der Waals surface area (Å²) in [4.78, 5) is 0. The van der Waals surface area contributed by atoms with Gasteiger partial charge in [-0.3, -0.25) is 0 Å². The number of aliphatic hydroxyl groups excluding tert-OH is 2. The summed E-state index contributed by atoms with van der Waals surface area (Å²) in [6, 6.07) is 5.42. The lowest BCUT2D eigenvalue weighted by atomic mass is 10.2. The van der Waals surface area contributed by atoms with Crippen LogP contribution in [0.25, 0.3) is 0 Å². The van der Waals surface area contributed by atoms with Gasteiger partial charge in [-0.25, -0.2) is 0 Å². The molecule has 0 spiro atoms. The molecule has 4 heteroatoms. The first-order chi connectivity index (χ1) is 6.69. The van der Waals surface area contributed by atoms with E-state index < -0.39 is 0 Å². The predicted molar refractivity (Wildman–Crippen MR) is 57.2 cm³/mol. The lowest BCUT2D eigenvalue weighted by Gasteiger charge is -2.15. The van der Waals surface area contributed by atoms with Crippen LogP contribution in [-0.2, 0) is 6.61 Å². The Labute approximate surface area is 91.5 Å². The highest BCUT2D eigenvalue weighted by atomic mass is 79.9. The molecule has 78 valence electrons. The van der Waals surface area contributed by atoms with Gasteiger partial charge < -0.3 is 14.9 Å². The third-order valence-electron chi connectivity index (χ3n) is 1.82. The van der Waals surface area contributed by atoms with Crippen LogP contribution in [0.15, 0.2) is 22.7 Å². The van der Waals surface area contributed by atoms with Gasteiger partial charge in [0.2, 0.25) is 0 Å². The Bertz CT molecular complexity index is 301. The lowest BCUT2D eigenvalue weighted by molar-refractivity contribution is 0.126. The standard InChI is InChI=1S/C10H13BrO3/c1-7(5-12)14-10-4-2-3-9(11)8(10)6-13/h2-4,7,12-13H,5-6H2,1H3/t7-/m0/s1.